The van der Waals surface area contributed by atoms with Crippen LogP contribution in [-0.4, -0.2) is 23.1 Å². The summed E-state index contributed by atoms with van der Waals surface area (Å²) < 4.78 is 5.68. The van der Waals surface area contributed by atoms with E-state index < -0.39 is 0 Å². The van der Waals surface area contributed by atoms with Gasteiger partial charge in [-0.1, -0.05) is 12.1 Å². The van der Waals surface area contributed by atoms with E-state index in [0.29, 0.717) is 17.9 Å². The molecule has 1 aromatic heterocycles. The van der Waals surface area contributed by atoms with Gasteiger partial charge in [0.1, 0.15) is 5.75 Å². The summed E-state index contributed by atoms with van der Waals surface area (Å²) in [5, 5.41) is 11.3. The summed E-state index contributed by atoms with van der Waals surface area (Å²) in [7, 11) is 1.80. The predicted molar refractivity (Wildman–Crippen MR) is 89.9 cm³/mol. The SMILES string of the molecule is Cc1ccnc(N(C)Cc2cccc(OC(C)C)c2)c1[N+](=O)[O-]. The van der Waals surface area contributed by atoms with Crippen LogP contribution in [-0.2, 0) is 6.54 Å². The fourth-order valence-corrected chi connectivity index (χ4v) is 2.38. The zero-order valence-corrected chi connectivity index (χ0v) is 13.8. The van der Waals surface area contributed by atoms with Crippen LogP contribution in [0.2, 0.25) is 0 Å². The Kier molecular flexibility index (Phi) is 5.16. The molecule has 0 fully saturated rings. The summed E-state index contributed by atoms with van der Waals surface area (Å²) in [6.07, 6.45) is 1.69. The first-order valence-corrected chi connectivity index (χ1v) is 7.45. The normalized spacial score (nSPS) is 10.7. The summed E-state index contributed by atoms with van der Waals surface area (Å²) in [5.41, 5.74) is 1.65. The van der Waals surface area contributed by atoms with Crippen LogP contribution < -0.4 is 9.64 Å². The minimum atomic E-state index is -0.382. The molecule has 0 unspecified atom stereocenters. The van der Waals surface area contributed by atoms with Crippen molar-refractivity contribution in [3.63, 3.8) is 0 Å². The van der Waals surface area contributed by atoms with Gasteiger partial charge in [-0.15, -0.1) is 0 Å². The lowest BCUT2D eigenvalue weighted by molar-refractivity contribution is -0.384. The minimum absolute atomic E-state index is 0.0459. The molecule has 23 heavy (non-hydrogen) atoms. The zero-order chi connectivity index (χ0) is 17.0. The van der Waals surface area contributed by atoms with Gasteiger partial charge in [0.15, 0.2) is 0 Å². The van der Waals surface area contributed by atoms with Crippen LogP contribution in [0, 0.1) is 17.0 Å². The van der Waals surface area contributed by atoms with Crippen molar-refractivity contribution in [3.8, 4) is 5.75 Å². The molecule has 0 bridgehead atoms. The Hall–Kier alpha value is -2.63. The maximum atomic E-state index is 11.3. The van der Waals surface area contributed by atoms with E-state index in [1.54, 1.807) is 31.1 Å². The molecular formula is C17H21N3O3. The van der Waals surface area contributed by atoms with Crippen molar-refractivity contribution < 1.29 is 9.66 Å². The predicted octanol–water partition coefficient (Wildman–Crippen LogP) is 3.72. The highest BCUT2D eigenvalue weighted by Crippen LogP contribution is 2.29. The number of rotatable bonds is 6. The topological polar surface area (TPSA) is 68.5 Å². The molecule has 2 rings (SSSR count). The Morgan fingerprint density at radius 2 is 2.09 bits per heavy atom. The molecule has 1 aromatic carbocycles. The maximum Gasteiger partial charge on any atom is 0.314 e. The smallest absolute Gasteiger partial charge is 0.314 e. The number of benzene rings is 1. The number of aryl methyl sites for hydroxylation is 1. The molecule has 0 atom stereocenters. The molecule has 6 nitrogen and oxygen atoms in total. The number of anilines is 1. The second-order valence-corrected chi connectivity index (χ2v) is 5.73. The summed E-state index contributed by atoms with van der Waals surface area (Å²) in [6, 6.07) is 9.37. The number of hydrogen-bond donors (Lipinski definition) is 0. The minimum Gasteiger partial charge on any atom is -0.491 e. The highest BCUT2D eigenvalue weighted by molar-refractivity contribution is 5.61. The van der Waals surface area contributed by atoms with Crippen molar-refractivity contribution in [2.24, 2.45) is 0 Å². The van der Waals surface area contributed by atoms with Crippen LogP contribution in [0.4, 0.5) is 11.5 Å². The first-order valence-electron chi connectivity index (χ1n) is 7.45. The first-order chi connectivity index (χ1) is 10.9. The van der Waals surface area contributed by atoms with Gasteiger partial charge in [0.25, 0.3) is 0 Å². The molecule has 0 radical (unpaired) electrons. The quantitative estimate of drug-likeness (QED) is 0.600. The number of aromatic nitrogens is 1. The van der Waals surface area contributed by atoms with Crippen molar-refractivity contribution in [2.75, 3.05) is 11.9 Å². The highest BCUT2D eigenvalue weighted by atomic mass is 16.6. The number of nitro groups is 1. The van der Waals surface area contributed by atoms with E-state index in [-0.39, 0.29) is 16.7 Å². The maximum absolute atomic E-state index is 11.3. The molecule has 0 spiro atoms. The van der Waals surface area contributed by atoms with Crippen LogP contribution in [0.15, 0.2) is 36.5 Å². The average Bonchev–Trinajstić information content (AvgIpc) is 2.46. The lowest BCUT2D eigenvalue weighted by atomic mass is 10.2. The van der Waals surface area contributed by atoms with Gasteiger partial charge in [-0.05, 0) is 44.5 Å². The average molecular weight is 315 g/mol. The first kappa shape index (κ1) is 16.7. The molecule has 0 aliphatic carbocycles. The van der Waals surface area contributed by atoms with Gasteiger partial charge in [0.05, 0.1) is 11.0 Å². The third kappa shape index (κ3) is 4.18. The molecule has 0 saturated carbocycles. The van der Waals surface area contributed by atoms with Gasteiger partial charge in [-0.25, -0.2) is 4.98 Å². The third-order valence-corrected chi connectivity index (χ3v) is 3.34. The van der Waals surface area contributed by atoms with Gasteiger partial charge < -0.3 is 9.64 Å². The molecule has 6 heteroatoms. The lowest BCUT2D eigenvalue weighted by Gasteiger charge is -2.19. The second kappa shape index (κ2) is 7.09. The highest BCUT2D eigenvalue weighted by Gasteiger charge is 2.21. The Balaban J connectivity index is 2.24. The fraction of sp³-hybridized carbons (Fsp3) is 0.353. The van der Waals surface area contributed by atoms with E-state index in [1.807, 2.05) is 38.1 Å². The van der Waals surface area contributed by atoms with E-state index >= 15 is 0 Å². The molecule has 0 aliphatic rings. The molecular weight excluding hydrogens is 294 g/mol. The number of ether oxygens (including phenoxy) is 1. The third-order valence-electron chi connectivity index (χ3n) is 3.34. The standard InChI is InChI=1S/C17H21N3O3/c1-12(2)23-15-7-5-6-14(10-15)11-19(4)17-16(20(21)22)13(3)8-9-18-17/h5-10,12H,11H2,1-4H3. The molecule has 0 N–H and O–H groups in total. The van der Waals surface area contributed by atoms with Crippen LogP contribution in [0.5, 0.6) is 5.75 Å². The van der Waals surface area contributed by atoms with E-state index in [2.05, 4.69) is 4.98 Å². The van der Waals surface area contributed by atoms with E-state index in [1.165, 1.54) is 0 Å². The van der Waals surface area contributed by atoms with Crippen molar-refractivity contribution >= 4 is 11.5 Å². The van der Waals surface area contributed by atoms with Gasteiger partial charge in [-0.2, -0.15) is 0 Å². The molecule has 2 aromatic rings. The van der Waals surface area contributed by atoms with Crippen molar-refractivity contribution in [1.82, 2.24) is 4.98 Å². The summed E-state index contributed by atoms with van der Waals surface area (Å²) in [5.74, 6) is 1.16. The van der Waals surface area contributed by atoms with E-state index in [4.69, 9.17) is 4.74 Å². The van der Waals surface area contributed by atoms with Gasteiger partial charge in [0, 0.05) is 25.4 Å². The summed E-state index contributed by atoms with van der Waals surface area (Å²) >= 11 is 0. The molecule has 1 heterocycles. The second-order valence-electron chi connectivity index (χ2n) is 5.73. The van der Waals surface area contributed by atoms with Gasteiger partial charge in [-0.3, -0.25) is 10.1 Å². The molecule has 122 valence electrons. The van der Waals surface area contributed by atoms with Crippen molar-refractivity contribution in [2.45, 2.75) is 33.4 Å². The van der Waals surface area contributed by atoms with Crippen molar-refractivity contribution in [1.29, 1.82) is 0 Å². The van der Waals surface area contributed by atoms with Gasteiger partial charge >= 0.3 is 5.69 Å². The van der Waals surface area contributed by atoms with Crippen molar-refractivity contribution in [3.05, 3.63) is 57.8 Å². The fourth-order valence-electron chi connectivity index (χ4n) is 2.38. The number of hydrogen-bond acceptors (Lipinski definition) is 5. The van der Waals surface area contributed by atoms with Gasteiger partial charge in [0.2, 0.25) is 5.82 Å². The van der Waals surface area contributed by atoms with Crippen LogP contribution in [0.3, 0.4) is 0 Å². The Morgan fingerprint density at radius 3 is 2.74 bits per heavy atom. The zero-order valence-electron chi connectivity index (χ0n) is 13.8. The summed E-state index contributed by atoms with van der Waals surface area (Å²) in [6.45, 7) is 6.17. The Bertz CT molecular complexity index is 701. The van der Waals surface area contributed by atoms with Crippen LogP contribution >= 0.6 is 0 Å². The van der Waals surface area contributed by atoms with Crippen LogP contribution in [0.25, 0.3) is 0 Å². The molecule has 0 amide bonds. The van der Waals surface area contributed by atoms with E-state index in [0.717, 1.165) is 11.3 Å². The largest absolute Gasteiger partial charge is 0.491 e. The molecule has 0 saturated heterocycles. The lowest BCUT2D eigenvalue weighted by Crippen LogP contribution is -2.19. The summed E-state index contributed by atoms with van der Waals surface area (Å²) in [4.78, 5) is 16.9. The number of nitrogens with zero attached hydrogens (tertiary/aromatic N) is 3. The Labute approximate surface area is 135 Å². The number of pyridine rings is 1. The van der Waals surface area contributed by atoms with E-state index in [9.17, 15) is 10.1 Å². The Morgan fingerprint density at radius 1 is 1.35 bits per heavy atom. The monoisotopic (exact) mass is 315 g/mol. The molecule has 0 aliphatic heterocycles. The van der Waals surface area contributed by atoms with Crippen LogP contribution in [0.1, 0.15) is 25.0 Å².